The molecule has 0 aliphatic heterocycles. The van der Waals surface area contributed by atoms with E-state index in [1.165, 1.54) is 0 Å². The molecular weight excluding hydrogens is 208 g/mol. The van der Waals surface area contributed by atoms with Gasteiger partial charge in [0, 0.05) is 6.61 Å². The standard InChI is InChI=1S/C10H18N4O2/c1-3-9-8(7-10(11)15)12-13-14(9)5-6-16-4-2/h3-7H2,1-2H3,(H2,11,15). The van der Waals surface area contributed by atoms with Crippen molar-refractivity contribution in [2.45, 2.75) is 33.2 Å². The number of nitrogens with two attached hydrogens (primary N) is 1. The van der Waals surface area contributed by atoms with Crippen LogP contribution >= 0.6 is 0 Å². The number of rotatable bonds is 7. The third kappa shape index (κ3) is 3.30. The molecule has 1 aromatic heterocycles. The molecule has 0 spiro atoms. The average Bonchev–Trinajstić information content (AvgIpc) is 2.60. The molecule has 6 heteroatoms. The van der Waals surface area contributed by atoms with Crippen LogP contribution in [0.25, 0.3) is 0 Å². The van der Waals surface area contributed by atoms with Crippen molar-refractivity contribution < 1.29 is 9.53 Å². The van der Waals surface area contributed by atoms with Gasteiger partial charge >= 0.3 is 0 Å². The van der Waals surface area contributed by atoms with Gasteiger partial charge in [-0.2, -0.15) is 0 Å². The molecule has 0 saturated carbocycles. The molecule has 0 radical (unpaired) electrons. The van der Waals surface area contributed by atoms with Gasteiger partial charge in [-0.05, 0) is 13.3 Å². The van der Waals surface area contributed by atoms with E-state index in [9.17, 15) is 4.79 Å². The van der Waals surface area contributed by atoms with E-state index in [0.717, 1.165) is 12.1 Å². The van der Waals surface area contributed by atoms with Crippen LogP contribution in [0.4, 0.5) is 0 Å². The van der Waals surface area contributed by atoms with Crippen LogP contribution < -0.4 is 5.73 Å². The van der Waals surface area contributed by atoms with E-state index in [2.05, 4.69) is 10.3 Å². The highest BCUT2D eigenvalue weighted by Crippen LogP contribution is 2.07. The van der Waals surface area contributed by atoms with Crippen molar-refractivity contribution in [2.24, 2.45) is 5.73 Å². The monoisotopic (exact) mass is 226 g/mol. The minimum Gasteiger partial charge on any atom is -0.380 e. The van der Waals surface area contributed by atoms with Gasteiger partial charge in [0.25, 0.3) is 0 Å². The minimum absolute atomic E-state index is 0.151. The normalized spacial score (nSPS) is 10.6. The fourth-order valence-electron chi connectivity index (χ4n) is 1.53. The number of hydrogen-bond donors (Lipinski definition) is 1. The van der Waals surface area contributed by atoms with E-state index in [-0.39, 0.29) is 12.3 Å². The smallest absolute Gasteiger partial charge is 0.223 e. The molecule has 1 amide bonds. The summed E-state index contributed by atoms with van der Waals surface area (Å²) in [7, 11) is 0. The van der Waals surface area contributed by atoms with Gasteiger partial charge in [-0.25, -0.2) is 4.68 Å². The molecular formula is C10H18N4O2. The Balaban J connectivity index is 2.69. The van der Waals surface area contributed by atoms with Gasteiger partial charge in [0.15, 0.2) is 0 Å². The fourth-order valence-corrected chi connectivity index (χ4v) is 1.53. The lowest BCUT2D eigenvalue weighted by molar-refractivity contribution is -0.117. The van der Waals surface area contributed by atoms with Crippen molar-refractivity contribution in [3.63, 3.8) is 0 Å². The number of amides is 1. The van der Waals surface area contributed by atoms with Gasteiger partial charge in [0.05, 0.1) is 31.0 Å². The maximum atomic E-state index is 10.8. The van der Waals surface area contributed by atoms with Crippen LogP contribution in [-0.2, 0) is 28.9 Å². The molecule has 0 aliphatic rings. The van der Waals surface area contributed by atoms with Crippen LogP contribution in [0.2, 0.25) is 0 Å². The molecule has 2 N–H and O–H groups in total. The van der Waals surface area contributed by atoms with Crippen LogP contribution in [0.15, 0.2) is 0 Å². The van der Waals surface area contributed by atoms with Gasteiger partial charge in [0.2, 0.25) is 5.91 Å². The molecule has 1 heterocycles. The van der Waals surface area contributed by atoms with E-state index in [1.807, 2.05) is 13.8 Å². The molecule has 6 nitrogen and oxygen atoms in total. The first-order valence-electron chi connectivity index (χ1n) is 5.46. The number of carbonyl (C=O) groups excluding carboxylic acids is 1. The number of ether oxygens (including phenoxy) is 1. The SMILES string of the molecule is CCOCCn1nnc(CC(N)=O)c1CC. The quantitative estimate of drug-likeness (QED) is 0.658. The second-order valence-corrected chi connectivity index (χ2v) is 3.40. The lowest BCUT2D eigenvalue weighted by Crippen LogP contribution is -2.16. The Bertz CT molecular complexity index is 349. The second kappa shape index (κ2) is 6.22. The zero-order chi connectivity index (χ0) is 12.0. The van der Waals surface area contributed by atoms with Crippen LogP contribution in [0.3, 0.4) is 0 Å². The molecule has 90 valence electrons. The summed E-state index contributed by atoms with van der Waals surface area (Å²) >= 11 is 0. The first-order chi connectivity index (χ1) is 7.69. The summed E-state index contributed by atoms with van der Waals surface area (Å²) in [5.74, 6) is -0.383. The summed E-state index contributed by atoms with van der Waals surface area (Å²) in [5.41, 5.74) is 6.77. The van der Waals surface area contributed by atoms with Gasteiger partial charge in [-0.1, -0.05) is 12.1 Å². The van der Waals surface area contributed by atoms with Crippen molar-refractivity contribution >= 4 is 5.91 Å². The molecule has 0 fully saturated rings. The molecule has 0 bridgehead atoms. The van der Waals surface area contributed by atoms with Crippen LogP contribution in [0, 0.1) is 0 Å². The first-order valence-corrected chi connectivity index (χ1v) is 5.46. The van der Waals surface area contributed by atoms with Crippen molar-refractivity contribution in [2.75, 3.05) is 13.2 Å². The van der Waals surface area contributed by atoms with Crippen LogP contribution in [0.1, 0.15) is 25.2 Å². The summed E-state index contributed by atoms with van der Waals surface area (Å²) in [6, 6.07) is 0. The van der Waals surface area contributed by atoms with Crippen molar-refractivity contribution in [3.05, 3.63) is 11.4 Å². The van der Waals surface area contributed by atoms with E-state index in [4.69, 9.17) is 10.5 Å². The summed E-state index contributed by atoms with van der Waals surface area (Å²) in [6.45, 7) is 5.89. The zero-order valence-electron chi connectivity index (χ0n) is 9.77. The third-order valence-electron chi connectivity index (χ3n) is 2.25. The summed E-state index contributed by atoms with van der Waals surface area (Å²) in [4.78, 5) is 10.8. The van der Waals surface area contributed by atoms with E-state index in [1.54, 1.807) is 4.68 Å². The topological polar surface area (TPSA) is 83.0 Å². The highest BCUT2D eigenvalue weighted by atomic mass is 16.5. The number of carbonyl (C=O) groups is 1. The number of hydrogen-bond acceptors (Lipinski definition) is 4. The molecule has 1 aromatic rings. The fraction of sp³-hybridized carbons (Fsp3) is 0.700. The number of aromatic nitrogens is 3. The average molecular weight is 226 g/mol. The predicted molar refractivity (Wildman–Crippen MR) is 58.8 cm³/mol. The lowest BCUT2D eigenvalue weighted by atomic mass is 10.2. The van der Waals surface area contributed by atoms with E-state index in [0.29, 0.717) is 25.5 Å². The Morgan fingerprint density at radius 1 is 1.50 bits per heavy atom. The second-order valence-electron chi connectivity index (χ2n) is 3.40. The Morgan fingerprint density at radius 3 is 2.81 bits per heavy atom. The predicted octanol–water partition coefficient (Wildman–Crippen LogP) is -0.0952. The maximum Gasteiger partial charge on any atom is 0.223 e. The van der Waals surface area contributed by atoms with Crippen molar-refractivity contribution in [3.8, 4) is 0 Å². The Hall–Kier alpha value is -1.43. The van der Waals surface area contributed by atoms with E-state index < -0.39 is 0 Å². The number of nitrogens with zero attached hydrogens (tertiary/aromatic N) is 3. The summed E-state index contributed by atoms with van der Waals surface area (Å²) in [5, 5.41) is 7.95. The van der Waals surface area contributed by atoms with Crippen LogP contribution in [0.5, 0.6) is 0 Å². The maximum absolute atomic E-state index is 10.8. The molecule has 1 rings (SSSR count). The summed E-state index contributed by atoms with van der Waals surface area (Å²) < 4.78 is 7.02. The third-order valence-corrected chi connectivity index (χ3v) is 2.25. The highest BCUT2D eigenvalue weighted by molar-refractivity contribution is 5.76. The largest absolute Gasteiger partial charge is 0.380 e. The minimum atomic E-state index is -0.383. The van der Waals surface area contributed by atoms with Crippen LogP contribution in [-0.4, -0.2) is 34.1 Å². The van der Waals surface area contributed by atoms with Gasteiger partial charge in [-0.15, -0.1) is 5.10 Å². The zero-order valence-corrected chi connectivity index (χ0v) is 9.77. The lowest BCUT2D eigenvalue weighted by Gasteiger charge is -2.05. The van der Waals surface area contributed by atoms with Crippen molar-refractivity contribution in [1.29, 1.82) is 0 Å². The van der Waals surface area contributed by atoms with Gasteiger partial charge in [0.1, 0.15) is 0 Å². The molecule has 0 aliphatic carbocycles. The molecule has 0 unspecified atom stereocenters. The Morgan fingerprint density at radius 2 is 2.25 bits per heavy atom. The molecule has 0 atom stereocenters. The molecule has 0 saturated heterocycles. The van der Waals surface area contributed by atoms with E-state index >= 15 is 0 Å². The molecule has 0 aromatic carbocycles. The Kier molecular flexibility index (Phi) is 4.91. The molecule has 16 heavy (non-hydrogen) atoms. The first kappa shape index (κ1) is 12.6. The van der Waals surface area contributed by atoms with Crippen molar-refractivity contribution in [1.82, 2.24) is 15.0 Å². The highest BCUT2D eigenvalue weighted by Gasteiger charge is 2.12. The number of primary amides is 1. The van der Waals surface area contributed by atoms with Gasteiger partial charge < -0.3 is 10.5 Å². The van der Waals surface area contributed by atoms with Gasteiger partial charge in [-0.3, -0.25) is 4.79 Å². The summed E-state index contributed by atoms with van der Waals surface area (Å²) in [6.07, 6.45) is 0.930. The Labute approximate surface area is 94.8 Å².